The van der Waals surface area contributed by atoms with Crippen molar-refractivity contribution in [1.29, 1.82) is 0 Å². The van der Waals surface area contributed by atoms with Crippen LogP contribution in [0.3, 0.4) is 0 Å². The third-order valence-corrected chi connectivity index (χ3v) is 2.49. The van der Waals surface area contributed by atoms with Gasteiger partial charge in [-0.1, -0.05) is 26.0 Å². The quantitative estimate of drug-likeness (QED) is 0.877. The van der Waals surface area contributed by atoms with Crippen molar-refractivity contribution in [3.63, 3.8) is 0 Å². The van der Waals surface area contributed by atoms with Crippen LogP contribution in [0, 0.1) is 5.92 Å². The molecule has 0 spiro atoms. The van der Waals surface area contributed by atoms with Gasteiger partial charge in [0.15, 0.2) is 0 Å². The molecule has 90 valence electrons. The van der Waals surface area contributed by atoms with Crippen molar-refractivity contribution >= 4 is 0 Å². The molecule has 0 bridgehead atoms. The molecule has 0 unspecified atom stereocenters. The largest absolute Gasteiger partial charge is 0.419 e. The van der Waals surface area contributed by atoms with Crippen LogP contribution in [0.15, 0.2) is 28.7 Å². The maximum atomic E-state index is 5.42. The van der Waals surface area contributed by atoms with Crippen molar-refractivity contribution in [2.75, 3.05) is 0 Å². The Morgan fingerprint density at radius 3 is 2.41 bits per heavy atom. The second kappa shape index (κ2) is 5.10. The van der Waals surface area contributed by atoms with E-state index in [-0.39, 0.29) is 6.54 Å². The van der Waals surface area contributed by atoms with Crippen LogP contribution in [0.5, 0.6) is 0 Å². The van der Waals surface area contributed by atoms with Gasteiger partial charge in [0.1, 0.15) is 0 Å². The summed E-state index contributed by atoms with van der Waals surface area (Å²) in [5.74, 6) is 1.65. The molecule has 0 atom stereocenters. The fourth-order valence-electron chi connectivity index (χ4n) is 1.71. The fraction of sp³-hybridized carbons (Fsp3) is 0.385. The minimum atomic E-state index is 0.276. The molecule has 0 aliphatic rings. The minimum absolute atomic E-state index is 0.276. The van der Waals surface area contributed by atoms with E-state index >= 15 is 0 Å². The molecule has 4 heteroatoms. The molecule has 1 aromatic heterocycles. The number of hydrogen-bond acceptors (Lipinski definition) is 4. The Morgan fingerprint density at radius 2 is 1.88 bits per heavy atom. The van der Waals surface area contributed by atoms with Gasteiger partial charge >= 0.3 is 0 Å². The molecule has 17 heavy (non-hydrogen) atoms. The molecule has 1 aromatic carbocycles. The van der Waals surface area contributed by atoms with Gasteiger partial charge in [-0.2, -0.15) is 0 Å². The predicted octanol–water partition coefficient (Wildman–Crippen LogP) is 2.39. The molecule has 0 saturated carbocycles. The molecule has 2 N–H and O–H groups in total. The zero-order valence-corrected chi connectivity index (χ0v) is 10.2. The summed E-state index contributed by atoms with van der Waals surface area (Å²) in [5, 5.41) is 7.79. The third kappa shape index (κ3) is 2.91. The van der Waals surface area contributed by atoms with E-state index < -0.39 is 0 Å². The van der Waals surface area contributed by atoms with Crippen LogP contribution in [0.25, 0.3) is 11.5 Å². The summed E-state index contributed by atoms with van der Waals surface area (Å²) in [6.45, 7) is 4.69. The molecule has 2 rings (SSSR count). The minimum Gasteiger partial charge on any atom is -0.419 e. The normalized spacial score (nSPS) is 11.1. The van der Waals surface area contributed by atoms with E-state index in [1.807, 2.05) is 12.1 Å². The monoisotopic (exact) mass is 231 g/mol. The van der Waals surface area contributed by atoms with Gasteiger partial charge < -0.3 is 10.2 Å². The van der Waals surface area contributed by atoms with Gasteiger partial charge in [0.2, 0.25) is 11.8 Å². The highest BCUT2D eigenvalue weighted by Crippen LogP contribution is 2.19. The molecule has 1 heterocycles. The second-order valence-electron chi connectivity index (χ2n) is 4.50. The van der Waals surface area contributed by atoms with Gasteiger partial charge in [-0.15, -0.1) is 10.2 Å². The number of nitrogens with two attached hydrogens (primary N) is 1. The standard InChI is InChI=1S/C13H17N3O/c1-9(2)7-10-3-5-11(6-4-10)13-16-15-12(8-14)17-13/h3-6,9H,7-8,14H2,1-2H3. The van der Waals surface area contributed by atoms with Gasteiger partial charge in [0.25, 0.3) is 0 Å². The molecule has 0 fully saturated rings. The first-order valence-electron chi connectivity index (χ1n) is 5.81. The van der Waals surface area contributed by atoms with Crippen LogP contribution in [0.1, 0.15) is 25.3 Å². The second-order valence-corrected chi connectivity index (χ2v) is 4.50. The average molecular weight is 231 g/mol. The average Bonchev–Trinajstić information content (AvgIpc) is 2.78. The Labute approximate surface area is 101 Å². The van der Waals surface area contributed by atoms with Gasteiger partial charge in [0, 0.05) is 5.56 Å². The number of hydrogen-bond donors (Lipinski definition) is 1. The van der Waals surface area contributed by atoms with Crippen LogP contribution in [0.2, 0.25) is 0 Å². The fourth-order valence-corrected chi connectivity index (χ4v) is 1.71. The maximum absolute atomic E-state index is 5.42. The van der Waals surface area contributed by atoms with Crippen molar-refractivity contribution in [2.45, 2.75) is 26.8 Å². The first kappa shape index (κ1) is 11.8. The Kier molecular flexibility index (Phi) is 3.54. The lowest BCUT2D eigenvalue weighted by Gasteiger charge is -2.04. The molecule has 0 amide bonds. The summed E-state index contributed by atoms with van der Waals surface area (Å²) in [4.78, 5) is 0. The number of benzene rings is 1. The molecular weight excluding hydrogens is 214 g/mol. The smallest absolute Gasteiger partial charge is 0.247 e. The lowest BCUT2D eigenvalue weighted by Crippen LogP contribution is -1.95. The van der Waals surface area contributed by atoms with E-state index in [2.05, 4.69) is 36.2 Å². The maximum Gasteiger partial charge on any atom is 0.247 e. The zero-order valence-electron chi connectivity index (χ0n) is 10.2. The van der Waals surface area contributed by atoms with Crippen molar-refractivity contribution in [3.8, 4) is 11.5 Å². The Balaban J connectivity index is 2.17. The molecular formula is C13H17N3O. The van der Waals surface area contributed by atoms with Gasteiger partial charge in [-0.05, 0) is 30.0 Å². The highest BCUT2D eigenvalue weighted by molar-refractivity contribution is 5.52. The SMILES string of the molecule is CC(C)Cc1ccc(-c2nnc(CN)o2)cc1. The van der Waals surface area contributed by atoms with E-state index in [1.54, 1.807) is 0 Å². The van der Waals surface area contributed by atoms with E-state index in [1.165, 1.54) is 5.56 Å². The Morgan fingerprint density at radius 1 is 1.18 bits per heavy atom. The summed E-state index contributed by atoms with van der Waals surface area (Å²) >= 11 is 0. The number of rotatable bonds is 4. The van der Waals surface area contributed by atoms with Gasteiger partial charge in [0.05, 0.1) is 6.54 Å². The lowest BCUT2D eigenvalue weighted by molar-refractivity contribution is 0.508. The number of aromatic nitrogens is 2. The lowest BCUT2D eigenvalue weighted by atomic mass is 10.0. The van der Waals surface area contributed by atoms with Crippen molar-refractivity contribution in [3.05, 3.63) is 35.7 Å². The van der Waals surface area contributed by atoms with Crippen LogP contribution in [0.4, 0.5) is 0 Å². The highest BCUT2D eigenvalue weighted by Gasteiger charge is 2.07. The first-order chi connectivity index (χ1) is 8.19. The van der Waals surface area contributed by atoms with E-state index in [0.29, 0.717) is 17.7 Å². The Hall–Kier alpha value is -1.68. The van der Waals surface area contributed by atoms with Crippen molar-refractivity contribution < 1.29 is 4.42 Å². The van der Waals surface area contributed by atoms with E-state index in [4.69, 9.17) is 10.2 Å². The van der Waals surface area contributed by atoms with E-state index in [9.17, 15) is 0 Å². The summed E-state index contributed by atoms with van der Waals surface area (Å²) in [7, 11) is 0. The summed E-state index contributed by atoms with van der Waals surface area (Å²) < 4.78 is 5.39. The van der Waals surface area contributed by atoms with Gasteiger partial charge in [-0.25, -0.2) is 0 Å². The summed E-state index contributed by atoms with van der Waals surface area (Å²) in [5.41, 5.74) is 7.68. The molecule has 0 aliphatic carbocycles. The molecule has 2 aromatic rings. The van der Waals surface area contributed by atoms with Crippen LogP contribution in [-0.4, -0.2) is 10.2 Å². The Bertz CT molecular complexity index is 474. The highest BCUT2D eigenvalue weighted by atomic mass is 16.4. The van der Waals surface area contributed by atoms with Crippen LogP contribution < -0.4 is 5.73 Å². The molecule has 0 aliphatic heterocycles. The van der Waals surface area contributed by atoms with Crippen molar-refractivity contribution in [2.24, 2.45) is 11.7 Å². The number of nitrogens with zero attached hydrogens (tertiary/aromatic N) is 2. The van der Waals surface area contributed by atoms with Crippen LogP contribution >= 0.6 is 0 Å². The van der Waals surface area contributed by atoms with E-state index in [0.717, 1.165) is 12.0 Å². The molecule has 4 nitrogen and oxygen atoms in total. The molecule has 0 saturated heterocycles. The van der Waals surface area contributed by atoms with Crippen molar-refractivity contribution in [1.82, 2.24) is 10.2 Å². The summed E-state index contributed by atoms with van der Waals surface area (Å²) in [6, 6.07) is 8.21. The summed E-state index contributed by atoms with van der Waals surface area (Å²) in [6.07, 6.45) is 1.08. The van der Waals surface area contributed by atoms with Crippen LogP contribution in [-0.2, 0) is 13.0 Å². The first-order valence-corrected chi connectivity index (χ1v) is 5.81. The zero-order chi connectivity index (χ0) is 12.3. The molecule has 0 radical (unpaired) electrons. The van der Waals surface area contributed by atoms with Gasteiger partial charge in [-0.3, -0.25) is 0 Å². The third-order valence-electron chi connectivity index (χ3n) is 2.49. The topological polar surface area (TPSA) is 64.9 Å². The predicted molar refractivity (Wildman–Crippen MR) is 66.2 cm³/mol.